The van der Waals surface area contributed by atoms with Crippen molar-refractivity contribution in [1.82, 2.24) is 0 Å². The largest absolute Gasteiger partial charge is 1.00 e. The van der Waals surface area contributed by atoms with E-state index >= 15 is 0 Å². The van der Waals surface area contributed by atoms with Crippen molar-refractivity contribution in [3.8, 4) is 11.1 Å². The second kappa shape index (κ2) is 13.6. The van der Waals surface area contributed by atoms with Crippen molar-refractivity contribution in [2.75, 3.05) is 0 Å². The van der Waals surface area contributed by atoms with Crippen LogP contribution < -0.4 is 24.8 Å². The molecule has 3 heteroatoms. The molecule has 0 fully saturated rings. The molecule has 0 heterocycles. The molecule has 0 N–H and O–H groups in total. The predicted octanol–water partition coefficient (Wildman–Crippen LogP) is 4.02. The van der Waals surface area contributed by atoms with Crippen molar-refractivity contribution in [1.29, 1.82) is 0 Å². The summed E-state index contributed by atoms with van der Waals surface area (Å²) < 4.78 is 3.88. The molecule has 0 aliphatic heterocycles. The summed E-state index contributed by atoms with van der Waals surface area (Å²) in [5.41, 5.74) is 13.2. The molecule has 2 aliphatic rings. The summed E-state index contributed by atoms with van der Waals surface area (Å²) in [5, 5.41) is 0. The first kappa shape index (κ1) is 32.6. The number of hydrogen-bond acceptors (Lipinski definition) is 0. The average molecular weight is 671 g/mol. The van der Waals surface area contributed by atoms with Crippen LogP contribution in [-0.2, 0) is 21.3 Å². The molecular weight excluding hydrogens is 631 g/mol. The number of benzene rings is 4. The van der Waals surface area contributed by atoms with Crippen LogP contribution in [0.5, 0.6) is 0 Å². The van der Waals surface area contributed by atoms with Crippen molar-refractivity contribution in [3.05, 3.63) is 151 Å². The van der Waals surface area contributed by atoms with Gasteiger partial charge in [0.15, 0.2) is 0 Å². The van der Waals surface area contributed by atoms with Crippen LogP contribution in [0.4, 0.5) is 0 Å². The Morgan fingerprint density at radius 2 is 1.12 bits per heavy atom. The molecule has 0 saturated heterocycles. The van der Waals surface area contributed by atoms with Gasteiger partial charge in [-0.1, -0.05) is 0 Å². The fourth-order valence-electron chi connectivity index (χ4n) is 6.91. The van der Waals surface area contributed by atoms with Crippen molar-refractivity contribution < 1.29 is 46.1 Å². The van der Waals surface area contributed by atoms with Crippen LogP contribution in [0.15, 0.2) is 118 Å². The van der Waals surface area contributed by atoms with Crippen molar-refractivity contribution >= 4 is 3.21 Å². The van der Waals surface area contributed by atoms with Gasteiger partial charge in [-0.2, -0.15) is 0 Å². The molecular formula is C39H40Cl2Zr. The van der Waals surface area contributed by atoms with Gasteiger partial charge in [-0.05, 0) is 0 Å². The summed E-state index contributed by atoms with van der Waals surface area (Å²) in [6.07, 6.45) is 5.05. The average Bonchev–Trinajstić information content (AvgIpc) is 3.52. The Morgan fingerprint density at radius 1 is 0.643 bits per heavy atom. The molecule has 0 aromatic heterocycles. The Kier molecular flexibility index (Phi) is 10.5. The van der Waals surface area contributed by atoms with Crippen LogP contribution in [0.3, 0.4) is 0 Å². The first-order valence-corrected chi connectivity index (χ1v) is 18.7. The Morgan fingerprint density at radius 3 is 1.55 bits per heavy atom. The van der Waals surface area contributed by atoms with Gasteiger partial charge in [0.1, 0.15) is 0 Å². The van der Waals surface area contributed by atoms with E-state index in [9.17, 15) is 0 Å². The Balaban J connectivity index is 0.00000202. The van der Waals surface area contributed by atoms with Gasteiger partial charge in [0.05, 0.1) is 0 Å². The van der Waals surface area contributed by atoms with Gasteiger partial charge in [-0.15, -0.1) is 0 Å². The smallest absolute Gasteiger partial charge is 1.00 e. The van der Waals surface area contributed by atoms with E-state index in [1.807, 2.05) is 3.28 Å². The quantitative estimate of drug-likeness (QED) is 0.291. The fourth-order valence-corrected chi connectivity index (χ4v) is 17.7. The van der Waals surface area contributed by atoms with E-state index in [0.717, 1.165) is 0 Å². The molecule has 2 aliphatic carbocycles. The minimum atomic E-state index is -2.80. The number of rotatable bonds is 6. The van der Waals surface area contributed by atoms with Crippen LogP contribution >= 0.6 is 0 Å². The fraction of sp³-hybridized carbons (Fsp3) is 0.256. The third-order valence-corrected chi connectivity index (χ3v) is 17.4. The molecule has 0 saturated carbocycles. The predicted molar refractivity (Wildman–Crippen MR) is 169 cm³/mol. The maximum absolute atomic E-state index is 2.80. The molecule has 4 aromatic rings. The van der Waals surface area contributed by atoms with E-state index in [0.29, 0.717) is 21.4 Å². The SMILES string of the molecule is Cc1ccc2c(c1)[CH]([Zr+2]([C]1=C(C(C)C)C=CC1C(C)C)=[C](c1ccccc1)c1ccccc1)c1cc(C)ccc1-2.[Cl-].[Cl-]. The molecule has 0 spiro atoms. The standard InChI is InChI=1S/C15H13.C13H10.C11H17.2ClH.Zr/c1-10-3-5-14-12(7-10)9-13-8-11(2)4-6-15(13)14;1-3-7-12(8-4-1)11-13-9-5-2-6-10-13;1-8(2)10-5-6-11(7-10)9(3)4;;;/h3-9H,1-2H3;1-10H;5-6,8-10H,1-4H3;2*1H;/q;;;;;+2/p-2. The zero-order valence-electron chi connectivity index (χ0n) is 25.5. The third-order valence-electron chi connectivity index (χ3n) is 8.77. The second-order valence-electron chi connectivity index (χ2n) is 12.3. The maximum atomic E-state index is 2.55. The van der Waals surface area contributed by atoms with Gasteiger partial charge in [-0.3, -0.25) is 0 Å². The third kappa shape index (κ3) is 5.91. The summed E-state index contributed by atoms with van der Waals surface area (Å²) in [7, 11) is 0. The summed E-state index contributed by atoms with van der Waals surface area (Å²) >= 11 is -2.80. The van der Waals surface area contributed by atoms with E-state index in [2.05, 4.69) is 151 Å². The van der Waals surface area contributed by atoms with Gasteiger partial charge in [0.25, 0.3) is 0 Å². The van der Waals surface area contributed by atoms with Crippen molar-refractivity contribution in [2.45, 2.75) is 45.2 Å². The van der Waals surface area contributed by atoms with Crippen LogP contribution in [0.1, 0.15) is 64.7 Å². The van der Waals surface area contributed by atoms with Gasteiger partial charge < -0.3 is 24.8 Å². The first-order valence-electron chi connectivity index (χ1n) is 14.8. The molecule has 0 radical (unpaired) electrons. The van der Waals surface area contributed by atoms with Gasteiger partial charge in [0, 0.05) is 0 Å². The summed E-state index contributed by atoms with van der Waals surface area (Å²) in [4.78, 5) is 0. The van der Waals surface area contributed by atoms with Crippen molar-refractivity contribution in [2.24, 2.45) is 17.8 Å². The number of allylic oxidation sites excluding steroid dienone is 4. The van der Waals surface area contributed by atoms with E-state index in [4.69, 9.17) is 0 Å². The molecule has 0 amide bonds. The van der Waals surface area contributed by atoms with E-state index in [1.165, 1.54) is 33.4 Å². The summed E-state index contributed by atoms with van der Waals surface area (Å²) in [6.45, 7) is 14.2. The normalized spacial score (nSPS) is 15.2. The molecule has 4 aromatic carbocycles. The molecule has 42 heavy (non-hydrogen) atoms. The summed E-state index contributed by atoms with van der Waals surface area (Å²) in [6, 6.07) is 37.2. The molecule has 1 atom stereocenters. The Labute approximate surface area is 273 Å². The van der Waals surface area contributed by atoms with E-state index in [1.54, 1.807) is 19.9 Å². The number of aryl methyl sites for hydroxylation is 2. The topological polar surface area (TPSA) is 0 Å². The van der Waals surface area contributed by atoms with Crippen LogP contribution in [0.2, 0.25) is 0 Å². The van der Waals surface area contributed by atoms with E-state index in [-0.39, 0.29) is 24.8 Å². The molecule has 0 bridgehead atoms. The Hall–Kier alpha value is -2.31. The maximum Gasteiger partial charge on any atom is -1.00 e. The molecule has 6 rings (SSSR count). The first-order chi connectivity index (χ1) is 19.3. The minimum absolute atomic E-state index is 0. The molecule has 1 unspecified atom stereocenters. The van der Waals surface area contributed by atoms with Gasteiger partial charge in [-0.25, -0.2) is 0 Å². The second-order valence-corrected chi connectivity index (χ2v) is 18.3. The van der Waals surface area contributed by atoms with Gasteiger partial charge >= 0.3 is 250 Å². The number of hydrogen-bond donors (Lipinski definition) is 0. The zero-order chi connectivity index (χ0) is 28.0. The van der Waals surface area contributed by atoms with Crippen LogP contribution in [0, 0.1) is 31.6 Å². The zero-order valence-corrected chi connectivity index (χ0v) is 29.4. The van der Waals surface area contributed by atoms with Crippen molar-refractivity contribution in [3.63, 3.8) is 0 Å². The monoisotopic (exact) mass is 668 g/mol. The molecule has 0 nitrogen and oxygen atoms in total. The summed E-state index contributed by atoms with van der Waals surface area (Å²) in [5.74, 6) is 1.58. The van der Waals surface area contributed by atoms with Gasteiger partial charge in [0.2, 0.25) is 0 Å². The minimum Gasteiger partial charge on any atom is -1.00 e. The van der Waals surface area contributed by atoms with Crippen LogP contribution in [-0.4, -0.2) is 3.21 Å². The van der Waals surface area contributed by atoms with Crippen LogP contribution in [0.25, 0.3) is 11.1 Å². The Bertz CT molecular complexity index is 1570. The molecule has 214 valence electrons. The number of halogens is 2. The number of fused-ring (bicyclic) bond motifs is 3. The van der Waals surface area contributed by atoms with E-state index < -0.39 is 21.3 Å².